The Hall–Kier alpha value is -2.00. The van der Waals surface area contributed by atoms with E-state index in [2.05, 4.69) is 15.5 Å². The fourth-order valence-corrected chi connectivity index (χ4v) is 2.47. The third kappa shape index (κ3) is 3.19. The Balaban J connectivity index is 3.04. The molecule has 0 bridgehead atoms. The first-order valence-electron chi connectivity index (χ1n) is 6.32. The van der Waals surface area contributed by atoms with Crippen molar-refractivity contribution in [1.82, 2.24) is 5.32 Å². The van der Waals surface area contributed by atoms with Gasteiger partial charge in [0.05, 0.1) is 18.7 Å². The van der Waals surface area contributed by atoms with Gasteiger partial charge in [0.1, 0.15) is 24.0 Å². The number of nitrogens with zero attached hydrogens (tertiary/aromatic N) is 2. The Kier molecular flexibility index (Phi) is 5.02. The first-order valence-corrected chi connectivity index (χ1v) is 6.32. The average molecular weight is 299 g/mol. The molecule has 0 amide bonds. The number of amidine groups is 1. The third-order valence-electron chi connectivity index (χ3n) is 3.71. The van der Waals surface area contributed by atoms with Crippen LogP contribution in [0.5, 0.6) is 0 Å². The number of carbonyl (C=O) groups is 1. The van der Waals surface area contributed by atoms with Gasteiger partial charge in [-0.05, 0) is 12.1 Å². The monoisotopic (exact) mass is 299 g/mol. The summed E-state index contributed by atoms with van der Waals surface area (Å²) in [5.41, 5.74) is 3.62. The van der Waals surface area contributed by atoms with E-state index in [1.54, 1.807) is 20.8 Å². The van der Waals surface area contributed by atoms with E-state index in [1.165, 1.54) is 0 Å². The molecule has 3 atom stereocenters. The predicted molar refractivity (Wildman–Crippen MR) is 76.5 cm³/mol. The van der Waals surface area contributed by atoms with Gasteiger partial charge in [-0.1, -0.05) is 13.8 Å². The molecule has 0 aliphatic carbocycles. The average Bonchev–Trinajstić information content (AvgIpc) is 2.64. The minimum absolute atomic E-state index is 0.164. The van der Waals surface area contributed by atoms with Crippen molar-refractivity contribution >= 4 is 24.3 Å². The van der Waals surface area contributed by atoms with E-state index in [9.17, 15) is 9.90 Å². The maximum Gasteiger partial charge on any atom is 0.263 e. The molecule has 0 saturated carbocycles. The number of ether oxygens (including phenoxy) is 1. The van der Waals surface area contributed by atoms with Gasteiger partial charge in [-0.15, -0.1) is 0 Å². The largest absolute Gasteiger partial charge is 0.408 e. The molecule has 0 aromatic rings. The zero-order valence-electron chi connectivity index (χ0n) is 12.2. The van der Waals surface area contributed by atoms with Crippen molar-refractivity contribution in [3.63, 3.8) is 0 Å². The number of hydrogen-bond acceptors (Lipinski definition) is 6. The first kappa shape index (κ1) is 17.1. The number of carbonyl (C=O) groups excluding carboxylic acids is 1. The highest BCUT2D eigenvalue weighted by molar-refractivity contribution is 6.29. The van der Waals surface area contributed by atoms with Gasteiger partial charge < -0.3 is 36.3 Å². The normalized spacial score (nSPS) is 32.8. The second kappa shape index (κ2) is 6.19. The highest BCUT2D eigenvalue weighted by atomic mass is 16.5. The summed E-state index contributed by atoms with van der Waals surface area (Å²) in [6.45, 7) is 4.85. The molecule has 0 radical (unpaired) electrons. The lowest BCUT2D eigenvalue weighted by Crippen LogP contribution is -2.44. The minimum atomic E-state index is -1.06. The molecule has 1 fully saturated rings. The summed E-state index contributed by atoms with van der Waals surface area (Å²) in [6, 6.07) is 0. The summed E-state index contributed by atoms with van der Waals surface area (Å²) >= 11 is 0. The number of nitrogens with one attached hydrogen (secondary N) is 2. The van der Waals surface area contributed by atoms with E-state index >= 15 is 0 Å². The lowest BCUT2D eigenvalue weighted by molar-refractivity contribution is -0.121. The van der Waals surface area contributed by atoms with Crippen molar-refractivity contribution in [3.05, 3.63) is 0 Å². The lowest BCUT2D eigenvalue weighted by atomic mass is 9.73. The molecule has 21 heavy (non-hydrogen) atoms. The van der Waals surface area contributed by atoms with E-state index in [4.69, 9.17) is 21.1 Å². The third-order valence-corrected chi connectivity index (χ3v) is 3.71. The fraction of sp³-hybridized carbons (Fsp3) is 0.667. The van der Waals surface area contributed by atoms with Gasteiger partial charge in [0.2, 0.25) is 0 Å². The quantitative estimate of drug-likeness (QED) is 0.152. The number of hydrogen-bond donors (Lipinski definition) is 5. The Labute approximate surface area is 122 Å². The molecule has 1 aliphatic heterocycles. The molecule has 0 aromatic heterocycles. The molecule has 0 spiro atoms. The molecule has 1 heterocycles. The van der Waals surface area contributed by atoms with Gasteiger partial charge in [0.25, 0.3) is 5.96 Å². The molecule has 0 unspecified atom stereocenters. The molecule has 1 rings (SSSR count). The van der Waals surface area contributed by atoms with E-state index in [1.807, 2.05) is 0 Å². The minimum Gasteiger partial charge on any atom is -0.408 e. The zero-order valence-corrected chi connectivity index (χ0v) is 12.2. The predicted octanol–water partition coefficient (Wildman–Crippen LogP) is -0.723. The number of guanidine groups is 1. The van der Waals surface area contributed by atoms with Crippen LogP contribution in [0, 0.1) is 16.7 Å². The summed E-state index contributed by atoms with van der Waals surface area (Å²) < 4.78 is 5.71. The van der Waals surface area contributed by atoms with Gasteiger partial charge in [-0.3, -0.25) is 0 Å². The van der Waals surface area contributed by atoms with Crippen molar-refractivity contribution in [1.29, 1.82) is 5.41 Å². The van der Waals surface area contributed by atoms with Crippen LogP contribution in [-0.4, -0.2) is 53.0 Å². The van der Waals surface area contributed by atoms with Gasteiger partial charge in [-0.25, -0.2) is 0 Å². The van der Waals surface area contributed by atoms with Crippen LogP contribution in [-0.2, 0) is 9.53 Å². The number of rotatable bonds is 4. The SMILES string of the molecule is CC1(C)[C@H](NC(=N/O)/N=C(/N)C=N)O[C@](C)(CO)[C@H]1C=O. The Morgan fingerprint density at radius 2 is 2.14 bits per heavy atom. The Morgan fingerprint density at radius 3 is 2.52 bits per heavy atom. The summed E-state index contributed by atoms with van der Waals surface area (Å²) in [5, 5.41) is 31.0. The highest BCUT2D eigenvalue weighted by Crippen LogP contribution is 2.46. The second-order valence-corrected chi connectivity index (χ2v) is 5.65. The molecule has 118 valence electrons. The fourth-order valence-electron chi connectivity index (χ4n) is 2.47. The molecular weight excluding hydrogens is 278 g/mol. The van der Waals surface area contributed by atoms with E-state index in [0.29, 0.717) is 0 Å². The molecule has 6 N–H and O–H groups in total. The summed E-state index contributed by atoms with van der Waals surface area (Å²) in [7, 11) is 0. The van der Waals surface area contributed by atoms with Crippen molar-refractivity contribution in [2.75, 3.05) is 6.61 Å². The molecule has 1 saturated heterocycles. The van der Waals surface area contributed by atoms with Crippen LogP contribution >= 0.6 is 0 Å². The Morgan fingerprint density at radius 1 is 1.52 bits per heavy atom. The van der Waals surface area contributed by atoms with Gasteiger partial charge in [0, 0.05) is 5.41 Å². The molecule has 9 nitrogen and oxygen atoms in total. The first-order chi connectivity index (χ1) is 9.74. The van der Waals surface area contributed by atoms with Crippen LogP contribution in [0.25, 0.3) is 0 Å². The highest BCUT2D eigenvalue weighted by Gasteiger charge is 2.57. The number of aliphatic imine (C=N–C) groups is 1. The number of aldehydes is 1. The van der Waals surface area contributed by atoms with Gasteiger partial charge >= 0.3 is 0 Å². The van der Waals surface area contributed by atoms with Gasteiger partial charge in [-0.2, -0.15) is 4.99 Å². The molecular formula is C12H21N5O4. The molecule has 0 aromatic carbocycles. The summed E-state index contributed by atoms with van der Waals surface area (Å²) in [4.78, 5) is 15.0. The smallest absolute Gasteiger partial charge is 0.263 e. The summed E-state index contributed by atoms with van der Waals surface area (Å²) in [5.74, 6) is -0.986. The Bertz CT molecular complexity index is 476. The van der Waals surface area contributed by atoms with E-state index in [0.717, 1.165) is 12.5 Å². The van der Waals surface area contributed by atoms with Gasteiger partial charge in [0.15, 0.2) is 0 Å². The van der Waals surface area contributed by atoms with Crippen LogP contribution in [0.15, 0.2) is 10.1 Å². The van der Waals surface area contributed by atoms with Crippen molar-refractivity contribution < 1.29 is 19.8 Å². The topological polar surface area (TPSA) is 153 Å². The molecule has 1 aliphatic rings. The lowest BCUT2D eigenvalue weighted by Gasteiger charge is -2.30. The summed E-state index contributed by atoms with van der Waals surface area (Å²) in [6.07, 6.45) is 0.792. The maximum absolute atomic E-state index is 11.3. The van der Waals surface area contributed by atoms with Crippen molar-refractivity contribution in [3.8, 4) is 0 Å². The van der Waals surface area contributed by atoms with Crippen LogP contribution in [0.1, 0.15) is 20.8 Å². The molecule has 9 heteroatoms. The maximum atomic E-state index is 11.3. The van der Waals surface area contributed by atoms with Crippen LogP contribution in [0.3, 0.4) is 0 Å². The van der Waals surface area contributed by atoms with Crippen LogP contribution < -0.4 is 11.1 Å². The number of nitrogens with two attached hydrogens (primary N) is 1. The number of aliphatic hydroxyl groups excluding tert-OH is 1. The van der Waals surface area contributed by atoms with E-state index < -0.39 is 23.2 Å². The zero-order chi connectivity index (χ0) is 16.3. The number of oxime groups is 1. The van der Waals surface area contributed by atoms with Crippen molar-refractivity contribution in [2.24, 2.45) is 27.2 Å². The second-order valence-electron chi connectivity index (χ2n) is 5.65. The number of aliphatic hydroxyl groups is 1. The van der Waals surface area contributed by atoms with Crippen LogP contribution in [0.4, 0.5) is 0 Å². The standard InChI is InChI=1S/C12H21N5O4/c1-11(2)7(5-18)12(3,6-19)21-9(11)16-10(17-20)15-8(14)4-13/h4-5,7,9,13,19-20H,6H2,1-3H3,(H3,14,15,16,17)/t7-,9+,12+/m0/s1. The van der Waals surface area contributed by atoms with E-state index in [-0.39, 0.29) is 18.4 Å². The van der Waals surface area contributed by atoms with Crippen LogP contribution in [0.2, 0.25) is 0 Å². The van der Waals surface area contributed by atoms with Crippen molar-refractivity contribution in [2.45, 2.75) is 32.6 Å².